The first-order chi connectivity index (χ1) is 15.5. The van der Waals surface area contributed by atoms with E-state index < -0.39 is 16.7 Å². The molecule has 0 saturated carbocycles. The summed E-state index contributed by atoms with van der Waals surface area (Å²) in [6.07, 6.45) is 0. The zero-order valence-electron chi connectivity index (χ0n) is 17.7. The number of hydrogen-bond acceptors (Lipinski definition) is 10. The van der Waals surface area contributed by atoms with Gasteiger partial charge in [-0.25, -0.2) is 4.98 Å². The van der Waals surface area contributed by atoms with Gasteiger partial charge in [-0.05, 0) is 18.2 Å². The van der Waals surface area contributed by atoms with Crippen LogP contribution in [0.2, 0.25) is 0 Å². The summed E-state index contributed by atoms with van der Waals surface area (Å²) in [6.45, 7) is 4.36. The van der Waals surface area contributed by atoms with Crippen molar-refractivity contribution in [2.45, 2.75) is 0 Å². The summed E-state index contributed by atoms with van der Waals surface area (Å²) in [6, 6.07) is 6.21. The number of furan rings is 1. The predicted molar refractivity (Wildman–Crippen MR) is 119 cm³/mol. The van der Waals surface area contributed by atoms with Crippen LogP contribution in [0.1, 0.15) is 10.6 Å². The molecule has 1 N–H and O–H groups in total. The number of amides is 1. The predicted octanol–water partition coefficient (Wildman–Crippen LogP) is 2.37. The SMILES string of the molecule is COc1ccc(OC)c2sc(N3CCN(CCNC(=O)c4ccc([N+](=O)[O-])o4)CC3)nc12. The number of nitro groups is 1. The highest BCUT2D eigenvalue weighted by molar-refractivity contribution is 7.22. The number of methoxy groups -OCH3 is 2. The van der Waals surface area contributed by atoms with E-state index in [2.05, 4.69) is 15.1 Å². The Labute approximate surface area is 187 Å². The van der Waals surface area contributed by atoms with Crippen LogP contribution in [-0.4, -0.2) is 74.2 Å². The number of carbonyl (C=O) groups excluding carboxylic acids is 1. The van der Waals surface area contributed by atoms with Crippen molar-refractivity contribution in [2.24, 2.45) is 0 Å². The van der Waals surface area contributed by atoms with Crippen LogP contribution in [0.3, 0.4) is 0 Å². The number of nitrogens with one attached hydrogen (secondary N) is 1. The van der Waals surface area contributed by atoms with Crippen molar-refractivity contribution in [3.63, 3.8) is 0 Å². The van der Waals surface area contributed by atoms with Crippen LogP contribution in [0.15, 0.2) is 28.7 Å². The number of piperazine rings is 1. The number of nitrogens with zero attached hydrogens (tertiary/aromatic N) is 4. The van der Waals surface area contributed by atoms with Gasteiger partial charge in [0.25, 0.3) is 5.91 Å². The Hall–Kier alpha value is -3.38. The average molecular weight is 462 g/mol. The number of fused-ring (bicyclic) bond motifs is 1. The van der Waals surface area contributed by atoms with E-state index >= 15 is 0 Å². The van der Waals surface area contributed by atoms with Crippen LogP contribution >= 0.6 is 11.3 Å². The van der Waals surface area contributed by atoms with Crippen LogP contribution in [0.4, 0.5) is 11.0 Å². The molecule has 2 aromatic heterocycles. The smallest absolute Gasteiger partial charge is 0.433 e. The van der Waals surface area contributed by atoms with E-state index in [-0.39, 0.29) is 5.76 Å². The molecule has 0 aliphatic carbocycles. The van der Waals surface area contributed by atoms with Crippen molar-refractivity contribution in [3.05, 3.63) is 40.1 Å². The van der Waals surface area contributed by atoms with Crippen LogP contribution in [-0.2, 0) is 0 Å². The lowest BCUT2D eigenvalue weighted by Crippen LogP contribution is -2.48. The molecule has 1 saturated heterocycles. The highest BCUT2D eigenvalue weighted by Gasteiger charge is 2.22. The van der Waals surface area contributed by atoms with E-state index in [1.807, 2.05) is 12.1 Å². The van der Waals surface area contributed by atoms with Crippen LogP contribution in [0.25, 0.3) is 10.2 Å². The maximum atomic E-state index is 12.1. The first-order valence-corrected chi connectivity index (χ1v) is 10.8. The first kappa shape index (κ1) is 21.8. The van der Waals surface area contributed by atoms with Gasteiger partial charge >= 0.3 is 5.88 Å². The second-order valence-corrected chi connectivity index (χ2v) is 8.10. The van der Waals surface area contributed by atoms with E-state index in [1.165, 1.54) is 12.1 Å². The Balaban J connectivity index is 1.29. The molecule has 1 amide bonds. The molecule has 4 rings (SSSR count). The number of rotatable bonds is 8. The third-order valence-electron chi connectivity index (χ3n) is 5.25. The molecule has 12 heteroatoms. The fourth-order valence-electron chi connectivity index (χ4n) is 3.53. The van der Waals surface area contributed by atoms with E-state index in [1.54, 1.807) is 25.6 Å². The molecular formula is C20H23N5O6S. The van der Waals surface area contributed by atoms with Crippen molar-refractivity contribution in [1.29, 1.82) is 0 Å². The van der Waals surface area contributed by atoms with Gasteiger partial charge in [0, 0.05) is 39.3 Å². The third-order valence-corrected chi connectivity index (χ3v) is 6.38. The summed E-state index contributed by atoms with van der Waals surface area (Å²) in [7, 11) is 3.27. The summed E-state index contributed by atoms with van der Waals surface area (Å²) in [5, 5.41) is 14.3. The maximum Gasteiger partial charge on any atom is 0.433 e. The van der Waals surface area contributed by atoms with E-state index in [9.17, 15) is 14.9 Å². The standard InChI is InChI=1S/C20H23N5O6S/c1-29-13-3-4-14(30-2)18-17(13)22-20(32-18)24-11-9-23(10-12-24)8-7-21-19(26)15-5-6-16(31-15)25(27)28/h3-6H,7-12H2,1-2H3,(H,21,26). The van der Waals surface area contributed by atoms with Crippen LogP contribution in [0.5, 0.6) is 11.5 Å². The number of anilines is 1. The number of thiazole rings is 1. The fourth-order valence-corrected chi connectivity index (χ4v) is 4.66. The van der Waals surface area contributed by atoms with Gasteiger partial charge in [0.05, 0.1) is 20.3 Å². The van der Waals surface area contributed by atoms with Crippen LogP contribution < -0.4 is 19.7 Å². The summed E-state index contributed by atoms with van der Waals surface area (Å²) in [5.41, 5.74) is 0.801. The van der Waals surface area contributed by atoms with Crippen molar-refractivity contribution in [3.8, 4) is 11.5 Å². The summed E-state index contributed by atoms with van der Waals surface area (Å²) >= 11 is 1.59. The molecule has 1 aromatic carbocycles. The monoisotopic (exact) mass is 461 g/mol. The van der Waals surface area contributed by atoms with Gasteiger partial charge in [-0.3, -0.25) is 19.8 Å². The van der Waals surface area contributed by atoms with Crippen molar-refractivity contribution in [1.82, 2.24) is 15.2 Å². The molecule has 0 spiro atoms. The lowest BCUT2D eigenvalue weighted by molar-refractivity contribution is -0.402. The minimum Gasteiger partial charge on any atom is -0.495 e. The number of aromatic nitrogens is 1. The Morgan fingerprint density at radius 3 is 2.56 bits per heavy atom. The Morgan fingerprint density at radius 1 is 1.19 bits per heavy atom. The number of carbonyl (C=O) groups is 1. The lowest BCUT2D eigenvalue weighted by Gasteiger charge is -2.34. The van der Waals surface area contributed by atoms with Crippen molar-refractivity contribution in [2.75, 3.05) is 58.4 Å². The molecule has 0 unspecified atom stereocenters. The fraction of sp³-hybridized carbons (Fsp3) is 0.400. The van der Waals surface area contributed by atoms with Gasteiger partial charge in [-0.1, -0.05) is 11.3 Å². The molecule has 1 aliphatic heterocycles. The minimum absolute atomic E-state index is 0.0665. The van der Waals surface area contributed by atoms with Gasteiger partial charge in [0.15, 0.2) is 10.9 Å². The molecule has 170 valence electrons. The molecular weight excluding hydrogens is 438 g/mol. The zero-order chi connectivity index (χ0) is 22.7. The highest BCUT2D eigenvalue weighted by atomic mass is 32.1. The lowest BCUT2D eigenvalue weighted by atomic mass is 10.3. The first-order valence-electron chi connectivity index (χ1n) is 10.0. The molecule has 3 heterocycles. The molecule has 0 atom stereocenters. The molecule has 1 fully saturated rings. The van der Waals surface area contributed by atoms with E-state index in [0.717, 1.165) is 53.0 Å². The summed E-state index contributed by atoms with van der Waals surface area (Å²) < 4.78 is 16.8. The average Bonchev–Trinajstić information content (AvgIpc) is 3.47. The van der Waals surface area contributed by atoms with Gasteiger partial charge in [-0.2, -0.15) is 0 Å². The Bertz CT molecular complexity index is 1080. The second kappa shape index (κ2) is 9.40. The van der Waals surface area contributed by atoms with Gasteiger partial charge in [0.2, 0.25) is 0 Å². The molecule has 32 heavy (non-hydrogen) atoms. The van der Waals surface area contributed by atoms with Gasteiger partial charge in [0.1, 0.15) is 26.6 Å². The molecule has 1 aliphatic rings. The van der Waals surface area contributed by atoms with Crippen LogP contribution in [0, 0.1) is 10.1 Å². The van der Waals surface area contributed by atoms with E-state index in [4.69, 9.17) is 18.9 Å². The Morgan fingerprint density at radius 2 is 1.91 bits per heavy atom. The quantitative estimate of drug-likeness (QED) is 0.398. The second-order valence-electron chi connectivity index (χ2n) is 7.12. The molecule has 0 bridgehead atoms. The molecule has 11 nitrogen and oxygen atoms in total. The Kier molecular flexibility index (Phi) is 6.42. The minimum atomic E-state index is -0.673. The van der Waals surface area contributed by atoms with Crippen molar-refractivity contribution >= 4 is 38.5 Å². The van der Waals surface area contributed by atoms with Gasteiger partial charge < -0.3 is 24.1 Å². The number of benzene rings is 1. The number of hydrogen-bond donors (Lipinski definition) is 1. The largest absolute Gasteiger partial charge is 0.495 e. The topological polar surface area (TPSA) is 123 Å². The highest BCUT2D eigenvalue weighted by Crippen LogP contribution is 2.40. The summed E-state index contributed by atoms with van der Waals surface area (Å²) in [5.74, 6) is 0.522. The third kappa shape index (κ3) is 4.46. The normalized spacial score (nSPS) is 14.5. The summed E-state index contributed by atoms with van der Waals surface area (Å²) in [4.78, 5) is 31.3. The zero-order valence-corrected chi connectivity index (χ0v) is 18.5. The number of ether oxygens (including phenoxy) is 2. The molecule has 3 aromatic rings. The van der Waals surface area contributed by atoms with Crippen molar-refractivity contribution < 1.29 is 23.6 Å². The van der Waals surface area contributed by atoms with Gasteiger partial charge in [-0.15, -0.1) is 0 Å². The molecule has 0 radical (unpaired) electrons. The van der Waals surface area contributed by atoms with E-state index in [0.29, 0.717) is 13.1 Å². The maximum absolute atomic E-state index is 12.1.